The number of hydrogen-bond donors (Lipinski definition) is 2. The maximum absolute atomic E-state index is 5.71. The minimum atomic E-state index is 0.00367. The molecule has 0 bridgehead atoms. The van der Waals surface area contributed by atoms with Crippen LogP contribution in [0.25, 0.3) is 22.4 Å². The molecule has 4 heteroatoms. The van der Waals surface area contributed by atoms with Crippen molar-refractivity contribution in [3.05, 3.63) is 48.5 Å². The number of aromatic amines is 1. The minimum Gasteiger partial charge on any atom is -0.489 e. The maximum Gasteiger partial charge on any atom is 0.138 e. The van der Waals surface area contributed by atoms with E-state index in [1.807, 2.05) is 55.5 Å². The number of hydrogen-bond acceptors (Lipinski definition) is 3. The molecule has 0 saturated carbocycles. The molecule has 0 saturated heterocycles. The van der Waals surface area contributed by atoms with Gasteiger partial charge in [0.15, 0.2) is 0 Å². The third-order valence-corrected chi connectivity index (χ3v) is 3.17. The van der Waals surface area contributed by atoms with Crippen LogP contribution in [0.2, 0.25) is 0 Å². The number of imidazole rings is 1. The Hall–Kier alpha value is -2.33. The number of fused-ring (bicyclic) bond motifs is 1. The van der Waals surface area contributed by atoms with Crippen LogP contribution in [0.4, 0.5) is 0 Å². The zero-order valence-corrected chi connectivity index (χ0v) is 11.3. The van der Waals surface area contributed by atoms with Crippen molar-refractivity contribution < 1.29 is 4.74 Å². The summed E-state index contributed by atoms with van der Waals surface area (Å²) in [6, 6.07) is 15.9. The predicted molar refractivity (Wildman–Crippen MR) is 80.7 cm³/mol. The lowest BCUT2D eigenvalue weighted by atomic mass is 10.2. The molecule has 102 valence electrons. The van der Waals surface area contributed by atoms with Gasteiger partial charge in [0.1, 0.15) is 17.7 Å². The van der Waals surface area contributed by atoms with Gasteiger partial charge in [-0.1, -0.05) is 30.3 Å². The average Bonchev–Trinajstić information content (AvgIpc) is 2.91. The molecule has 3 rings (SSSR count). The Morgan fingerprint density at radius 1 is 1.20 bits per heavy atom. The third kappa shape index (κ3) is 2.51. The van der Waals surface area contributed by atoms with Crippen molar-refractivity contribution in [2.24, 2.45) is 5.73 Å². The Kier molecular flexibility index (Phi) is 3.39. The van der Waals surface area contributed by atoms with Gasteiger partial charge < -0.3 is 15.5 Å². The van der Waals surface area contributed by atoms with Gasteiger partial charge in [0, 0.05) is 18.2 Å². The second kappa shape index (κ2) is 5.35. The first kappa shape index (κ1) is 12.7. The fourth-order valence-electron chi connectivity index (χ4n) is 2.08. The molecular weight excluding hydrogens is 250 g/mol. The Morgan fingerprint density at radius 2 is 2.00 bits per heavy atom. The molecule has 3 N–H and O–H groups in total. The summed E-state index contributed by atoms with van der Waals surface area (Å²) < 4.78 is 5.71. The summed E-state index contributed by atoms with van der Waals surface area (Å²) >= 11 is 0. The molecule has 0 aliphatic heterocycles. The largest absolute Gasteiger partial charge is 0.489 e. The number of rotatable bonds is 4. The molecule has 20 heavy (non-hydrogen) atoms. The van der Waals surface area contributed by atoms with Crippen LogP contribution in [0.3, 0.4) is 0 Å². The SMILES string of the molecule is CC(CN)Oc1ccc2nc(-c3ccccc3)[nH]c2c1. The third-order valence-electron chi connectivity index (χ3n) is 3.17. The van der Waals surface area contributed by atoms with E-state index in [2.05, 4.69) is 9.97 Å². The van der Waals surface area contributed by atoms with E-state index in [0.717, 1.165) is 28.2 Å². The summed E-state index contributed by atoms with van der Waals surface area (Å²) in [6.45, 7) is 2.45. The number of benzene rings is 2. The molecule has 1 atom stereocenters. The molecule has 0 radical (unpaired) electrons. The van der Waals surface area contributed by atoms with Gasteiger partial charge in [0.25, 0.3) is 0 Å². The van der Waals surface area contributed by atoms with E-state index in [9.17, 15) is 0 Å². The van der Waals surface area contributed by atoms with Crippen molar-refractivity contribution in [3.63, 3.8) is 0 Å². The number of nitrogens with one attached hydrogen (secondary N) is 1. The van der Waals surface area contributed by atoms with Gasteiger partial charge in [-0.05, 0) is 19.1 Å². The second-order valence-corrected chi connectivity index (χ2v) is 4.79. The molecule has 4 nitrogen and oxygen atoms in total. The number of aromatic nitrogens is 2. The molecule has 1 aromatic heterocycles. The quantitative estimate of drug-likeness (QED) is 0.764. The highest BCUT2D eigenvalue weighted by Crippen LogP contribution is 2.24. The molecule has 1 unspecified atom stereocenters. The minimum absolute atomic E-state index is 0.00367. The zero-order valence-electron chi connectivity index (χ0n) is 11.3. The predicted octanol–water partition coefficient (Wildman–Crippen LogP) is 2.96. The summed E-state index contributed by atoms with van der Waals surface area (Å²) in [4.78, 5) is 7.91. The second-order valence-electron chi connectivity index (χ2n) is 4.79. The molecule has 0 fully saturated rings. The molecule has 0 aliphatic rings. The number of nitrogens with zero attached hydrogens (tertiary/aromatic N) is 1. The average molecular weight is 267 g/mol. The van der Waals surface area contributed by atoms with Crippen molar-refractivity contribution in [3.8, 4) is 17.1 Å². The lowest BCUT2D eigenvalue weighted by Crippen LogP contribution is -2.22. The topological polar surface area (TPSA) is 63.9 Å². The maximum atomic E-state index is 5.71. The van der Waals surface area contributed by atoms with Crippen molar-refractivity contribution in [1.82, 2.24) is 9.97 Å². The Bertz CT molecular complexity index is 706. The molecule has 1 heterocycles. The van der Waals surface area contributed by atoms with Crippen LogP contribution in [0.1, 0.15) is 6.92 Å². The van der Waals surface area contributed by atoms with E-state index in [-0.39, 0.29) is 6.10 Å². The summed E-state index contributed by atoms with van der Waals surface area (Å²) in [5, 5.41) is 0. The van der Waals surface area contributed by atoms with Crippen molar-refractivity contribution in [2.75, 3.05) is 6.54 Å². The van der Waals surface area contributed by atoms with Crippen LogP contribution >= 0.6 is 0 Å². The van der Waals surface area contributed by atoms with Gasteiger partial charge >= 0.3 is 0 Å². The van der Waals surface area contributed by atoms with Crippen LogP contribution in [0.5, 0.6) is 5.75 Å². The fourth-order valence-corrected chi connectivity index (χ4v) is 2.08. The van der Waals surface area contributed by atoms with Gasteiger partial charge in [-0.3, -0.25) is 0 Å². The van der Waals surface area contributed by atoms with Gasteiger partial charge in [0.2, 0.25) is 0 Å². The van der Waals surface area contributed by atoms with E-state index < -0.39 is 0 Å². The highest BCUT2D eigenvalue weighted by atomic mass is 16.5. The fraction of sp³-hybridized carbons (Fsp3) is 0.188. The summed E-state index contributed by atoms with van der Waals surface area (Å²) in [5.41, 5.74) is 8.53. The van der Waals surface area contributed by atoms with Crippen LogP contribution in [-0.2, 0) is 0 Å². The highest BCUT2D eigenvalue weighted by Gasteiger charge is 2.07. The van der Waals surface area contributed by atoms with Crippen molar-refractivity contribution in [1.29, 1.82) is 0 Å². The van der Waals surface area contributed by atoms with Gasteiger partial charge in [0.05, 0.1) is 11.0 Å². The van der Waals surface area contributed by atoms with Gasteiger partial charge in [-0.15, -0.1) is 0 Å². The number of ether oxygens (including phenoxy) is 1. The van der Waals surface area contributed by atoms with E-state index in [4.69, 9.17) is 10.5 Å². The summed E-state index contributed by atoms with van der Waals surface area (Å²) in [5.74, 6) is 1.67. The van der Waals surface area contributed by atoms with Crippen LogP contribution in [0, 0.1) is 0 Å². The Morgan fingerprint density at radius 3 is 2.75 bits per heavy atom. The van der Waals surface area contributed by atoms with Crippen molar-refractivity contribution >= 4 is 11.0 Å². The zero-order chi connectivity index (χ0) is 13.9. The smallest absolute Gasteiger partial charge is 0.138 e. The monoisotopic (exact) mass is 267 g/mol. The summed E-state index contributed by atoms with van der Waals surface area (Å²) in [7, 11) is 0. The van der Waals surface area contributed by atoms with E-state index in [1.165, 1.54) is 0 Å². The normalized spacial score (nSPS) is 12.5. The Labute approximate surface area is 117 Å². The first-order chi connectivity index (χ1) is 9.76. The van der Waals surface area contributed by atoms with E-state index in [1.54, 1.807) is 0 Å². The number of H-pyrrole nitrogens is 1. The lowest BCUT2D eigenvalue weighted by Gasteiger charge is -2.11. The molecule has 0 aliphatic carbocycles. The van der Waals surface area contributed by atoms with Crippen LogP contribution in [-0.4, -0.2) is 22.6 Å². The van der Waals surface area contributed by atoms with Gasteiger partial charge in [-0.25, -0.2) is 4.98 Å². The summed E-state index contributed by atoms with van der Waals surface area (Å²) in [6.07, 6.45) is 0.00367. The van der Waals surface area contributed by atoms with E-state index in [0.29, 0.717) is 6.54 Å². The number of nitrogens with two attached hydrogens (primary N) is 1. The first-order valence-corrected chi connectivity index (χ1v) is 6.68. The lowest BCUT2D eigenvalue weighted by molar-refractivity contribution is 0.230. The molecule has 0 spiro atoms. The first-order valence-electron chi connectivity index (χ1n) is 6.68. The molecule has 3 aromatic rings. The van der Waals surface area contributed by atoms with Crippen molar-refractivity contribution in [2.45, 2.75) is 13.0 Å². The highest BCUT2D eigenvalue weighted by molar-refractivity contribution is 5.80. The Balaban J connectivity index is 1.95. The van der Waals surface area contributed by atoms with E-state index >= 15 is 0 Å². The molecule has 0 amide bonds. The molecular formula is C16H17N3O. The standard InChI is InChI=1S/C16H17N3O/c1-11(10-17)20-13-7-8-14-15(9-13)19-16(18-14)12-5-3-2-4-6-12/h2-9,11H,10,17H2,1H3,(H,18,19). The van der Waals surface area contributed by atoms with Crippen LogP contribution in [0.15, 0.2) is 48.5 Å². The molecule has 2 aromatic carbocycles. The van der Waals surface area contributed by atoms with Gasteiger partial charge in [-0.2, -0.15) is 0 Å². The van der Waals surface area contributed by atoms with Crippen LogP contribution < -0.4 is 10.5 Å².